The summed E-state index contributed by atoms with van der Waals surface area (Å²) < 4.78 is 94.8. The number of carbonyl (C=O) groups is 3. The molecule has 0 saturated carbocycles. The fraction of sp³-hybridized carbons (Fsp3) is 0.323. The lowest BCUT2D eigenvalue weighted by Crippen LogP contribution is -2.55. The van der Waals surface area contributed by atoms with Gasteiger partial charge in [-0.1, -0.05) is 29.8 Å². The van der Waals surface area contributed by atoms with Crippen LogP contribution in [0.25, 0.3) is 0 Å². The first-order chi connectivity index (χ1) is 21.0. The highest BCUT2D eigenvalue weighted by Crippen LogP contribution is 2.36. The molecule has 6 nitrogen and oxygen atoms in total. The fourth-order valence-corrected chi connectivity index (χ4v) is 5.34. The average Bonchev–Trinajstić information content (AvgIpc) is 3.08. The molecule has 1 aliphatic heterocycles. The SMILES string of the molecule is CC(C)N1C(=O)[C@H](NC(=O)[C@@H](Cc2ccccc2Cl)NC(=O)c2ccc(F)cc2C(F)(F)F)CCc2cc(C(F)(F)F)ccc21. The smallest absolute Gasteiger partial charge is 0.342 e. The van der Waals surface area contributed by atoms with E-state index in [-0.39, 0.29) is 41.6 Å². The molecule has 0 saturated heterocycles. The van der Waals surface area contributed by atoms with Gasteiger partial charge in [0.1, 0.15) is 17.9 Å². The van der Waals surface area contributed by atoms with Crippen LogP contribution in [0.5, 0.6) is 0 Å². The van der Waals surface area contributed by atoms with Crippen LogP contribution in [0, 0.1) is 5.82 Å². The van der Waals surface area contributed by atoms with Crippen LogP contribution >= 0.6 is 11.6 Å². The number of nitrogens with zero attached hydrogens (tertiary/aromatic N) is 1. The maximum Gasteiger partial charge on any atom is 0.417 e. The summed E-state index contributed by atoms with van der Waals surface area (Å²) in [6.45, 7) is 3.29. The second kappa shape index (κ2) is 13.1. The van der Waals surface area contributed by atoms with Crippen molar-refractivity contribution in [2.24, 2.45) is 0 Å². The van der Waals surface area contributed by atoms with E-state index >= 15 is 0 Å². The predicted octanol–water partition coefficient (Wildman–Crippen LogP) is 6.73. The van der Waals surface area contributed by atoms with E-state index in [1.54, 1.807) is 26.0 Å². The van der Waals surface area contributed by atoms with Crippen LogP contribution in [0.4, 0.5) is 36.4 Å². The minimum atomic E-state index is -5.09. The number of amides is 3. The van der Waals surface area contributed by atoms with Gasteiger partial charge in [-0.25, -0.2) is 4.39 Å². The first-order valence-corrected chi connectivity index (χ1v) is 14.1. The van der Waals surface area contributed by atoms with Crippen LogP contribution < -0.4 is 15.5 Å². The number of halogens is 8. The van der Waals surface area contributed by atoms with E-state index in [4.69, 9.17) is 11.6 Å². The van der Waals surface area contributed by atoms with Gasteiger partial charge in [0.05, 0.1) is 16.7 Å². The van der Waals surface area contributed by atoms with Gasteiger partial charge in [-0.05, 0) is 80.3 Å². The number of hydrogen-bond donors (Lipinski definition) is 2. The average molecular weight is 658 g/mol. The molecule has 0 unspecified atom stereocenters. The third-order valence-corrected chi connectivity index (χ3v) is 7.64. The van der Waals surface area contributed by atoms with E-state index in [9.17, 15) is 45.1 Å². The predicted molar refractivity (Wildman–Crippen MR) is 152 cm³/mol. The second-order valence-electron chi connectivity index (χ2n) is 10.8. The first kappa shape index (κ1) is 33.8. The van der Waals surface area contributed by atoms with E-state index in [1.165, 1.54) is 23.1 Å². The molecule has 3 aromatic rings. The van der Waals surface area contributed by atoms with Gasteiger partial charge >= 0.3 is 12.4 Å². The summed E-state index contributed by atoms with van der Waals surface area (Å²) in [5.41, 5.74) is -2.57. The molecule has 0 radical (unpaired) electrons. The Kier molecular flexibility index (Phi) is 9.81. The molecule has 14 heteroatoms. The molecule has 1 heterocycles. The van der Waals surface area contributed by atoms with E-state index < -0.39 is 70.7 Å². The lowest BCUT2D eigenvalue weighted by molar-refractivity contribution is -0.138. The van der Waals surface area contributed by atoms with Gasteiger partial charge in [-0.2, -0.15) is 26.3 Å². The topological polar surface area (TPSA) is 78.5 Å². The number of nitrogens with one attached hydrogen (secondary N) is 2. The number of hydrogen-bond acceptors (Lipinski definition) is 3. The lowest BCUT2D eigenvalue weighted by atomic mass is 10.0. The molecule has 0 aromatic heterocycles. The number of carbonyl (C=O) groups excluding carboxylic acids is 3. The molecule has 240 valence electrons. The van der Waals surface area contributed by atoms with Crippen molar-refractivity contribution in [2.45, 2.75) is 63.6 Å². The van der Waals surface area contributed by atoms with Crippen LogP contribution in [0.3, 0.4) is 0 Å². The Labute approximate surface area is 258 Å². The summed E-state index contributed by atoms with van der Waals surface area (Å²) in [6, 6.07) is 7.33. The molecule has 0 bridgehead atoms. The zero-order valence-corrected chi connectivity index (χ0v) is 24.6. The quantitative estimate of drug-likeness (QED) is 0.277. The third-order valence-electron chi connectivity index (χ3n) is 7.27. The maximum absolute atomic E-state index is 13.7. The molecule has 3 amide bonds. The van der Waals surface area contributed by atoms with E-state index in [2.05, 4.69) is 10.6 Å². The summed E-state index contributed by atoms with van der Waals surface area (Å²) in [7, 11) is 0. The molecule has 4 rings (SSSR count). The number of aryl methyl sites for hydroxylation is 1. The Morgan fingerprint density at radius 3 is 2.29 bits per heavy atom. The zero-order valence-electron chi connectivity index (χ0n) is 23.8. The Bertz CT molecular complexity index is 1610. The number of rotatable bonds is 7. The van der Waals surface area contributed by atoms with Crippen LogP contribution in [0.2, 0.25) is 5.02 Å². The van der Waals surface area contributed by atoms with Crippen molar-refractivity contribution in [3.63, 3.8) is 0 Å². The fourth-order valence-electron chi connectivity index (χ4n) is 5.12. The van der Waals surface area contributed by atoms with Gasteiger partial charge in [0, 0.05) is 23.2 Å². The summed E-state index contributed by atoms with van der Waals surface area (Å²) in [5, 5.41) is 4.97. The van der Waals surface area contributed by atoms with Crippen molar-refractivity contribution < 1.29 is 45.1 Å². The highest BCUT2D eigenvalue weighted by atomic mass is 35.5. The van der Waals surface area contributed by atoms with Gasteiger partial charge < -0.3 is 15.5 Å². The van der Waals surface area contributed by atoms with Crippen molar-refractivity contribution >= 4 is 35.0 Å². The van der Waals surface area contributed by atoms with Gasteiger partial charge in [0.15, 0.2) is 0 Å². The van der Waals surface area contributed by atoms with Crippen molar-refractivity contribution in [3.05, 3.63) is 99.3 Å². The number of fused-ring (bicyclic) bond motifs is 1. The molecule has 1 aliphatic rings. The van der Waals surface area contributed by atoms with Crippen molar-refractivity contribution in [1.29, 1.82) is 0 Å². The normalized spacial score (nSPS) is 16.2. The van der Waals surface area contributed by atoms with Crippen molar-refractivity contribution in [1.82, 2.24) is 10.6 Å². The van der Waals surface area contributed by atoms with Crippen molar-refractivity contribution in [2.75, 3.05) is 4.90 Å². The molecule has 45 heavy (non-hydrogen) atoms. The highest BCUT2D eigenvalue weighted by molar-refractivity contribution is 6.31. The maximum atomic E-state index is 13.7. The Hall–Kier alpha value is -4.13. The molecular weight excluding hydrogens is 631 g/mol. The van der Waals surface area contributed by atoms with Crippen LogP contribution in [0.1, 0.15) is 52.9 Å². The Morgan fingerprint density at radius 2 is 1.67 bits per heavy atom. The Morgan fingerprint density at radius 1 is 0.978 bits per heavy atom. The summed E-state index contributed by atoms with van der Waals surface area (Å²) in [5.74, 6) is -4.15. The zero-order chi connectivity index (χ0) is 33.3. The minimum absolute atomic E-state index is 0.0226. The highest BCUT2D eigenvalue weighted by Gasteiger charge is 2.39. The van der Waals surface area contributed by atoms with Gasteiger partial charge in [0.25, 0.3) is 5.91 Å². The molecule has 0 fully saturated rings. The number of anilines is 1. The van der Waals surface area contributed by atoms with Crippen LogP contribution in [-0.2, 0) is 34.8 Å². The first-order valence-electron chi connectivity index (χ1n) is 13.7. The van der Waals surface area contributed by atoms with E-state index in [1.807, 2.05) is 0 Å². The van der Waals surface area contributed by atoms with Gasteiger partial charge in [0.2, 0.25) is 11.8 Å². The monoisotopic (exact) mass is 657 g/mol. The van der Waals surface area contributed by atoms with Crippen LogP contribution in [-0.4, -0.2) is 35.8 Å². The van der Waals surface area contributed by atoms with E-state index in [0.717, 1.165) is 12.1 Å². The summed E-state index contributed by atoms with van der Waals surface area (Å²) >= 11 is 6.24. The standard InChI is InChI=1S/C31H27ClF7N3O3/c1-16(2)42-26-12-8-19(30(34,35)36)13-18(26)7-11-24(29(42)45)40-28(44)25(14-17-5-3-4-6-23(17)32)41-27(43)21-10-9-20(33)15-22(21)31(37,38)39/h3-6,8-10,12-13,15-16,24-25H,7,11,14H2,1-2H3,(H,40,44)(H,41,43)/t24-,25-/m1/s1. The molecule has 0 spiro atoms. The summed E-state index contributed by atoms with van der Waals surface area (Å²) in [6.07, 6.45) is -10.1. The van der Waals surface area contributed by atoms with Gasteiger partial charge in [-0.15, -0.1) is 0 Å². The molecule has 2 N–H and O–H groups in total. The number of alkyl halides is 6. The Balaban J connectivity index is 1.65. The lowest BCUT2D eigenvalue weighted by Gasteiger charge is -2.30. The molecule has 0 aliphatic carbocycles. The minimum Gasteiger partial charge on any atom is -0.342 e. The van der Waals surface area contributed by atoms with Gasteiger partial charge in [-0.3, -0.25) is 14.4 Å². The molecular formula is C31H27ClF7N3O3. The van der Waals surface area contributed by atoms with E-state index in [0.29, 0.717) is 17.7 Å². The van der Waals surface area contributed by atoms with Crippen LogP contribution in [0.15, 0.2) is 60.7 Å². The molecule has 2 atom stereocenters. The van der Waals surface area contributed by atoms with Crippen molar-refractivity contribution in [3.8, 4) is 0 Å². The molecule has 3 aromatic carbocycles. The summed E-state index contributed by atoms with van der Waals surface area (Å²) in [4.78, 5) is 41.7. The largest absolute Gasteiger partial charge is 0.417 e. The third kappa shape index (κ3) is 7.75. The number of benzene rings is 3. The second-order valence-corrected chi connectivity index (χ2v) is 11.2.